The highest BCUT2D eigenvalue weighted by molar-refractivity contribution is 9.10. The van der Waals surface area contributed by atoms with Crippen molar-refractivity contribution < 1.29 is 4.74 Å². The van der Waals surface area contributed by atoms with Crippen molar-refractivity contribution in [3.05, 3.63) is 22.8 Å². The van der Waals surface area contributed by atoms with Crippen LogP contribution in [0.3, 0.4) is 0 Å². The summed E-state index contributed by atoms with van der Waals surface area (Å²) in [6.07, 6.45) is 3.07. The zero-order valence-electron chi connectivity index (χ0n) is 7.16. The first-order chi connectivity index (χ1) is 6.36. The first kappa shape index (κ1) is 8.97. The fourth-order valence-corrected chi connectivity index (χ4v) is 1.69. The molecule has 0 amide bonds. The molecule has 13 heavy (non-hydrogen) atoms. The van der Waals surface area contributed by atoms with E-state index in [0.717, 1.165) is 24.0 Å². The SMILES string of the molecule is Brc1cccnc1O[C@H]1CCNC1. The maximum absolute atomic E-state index is 5.69. The largest absolute Gasteiger partial charge is 0.472 e. The van der Waals surface area contributed by atoms with Gasteiger partial charge in [-0.3, -0.25) is 0 Å². The fourth-order valence-electron chi connectivity index (χ4n) is 1.34. The molecule has 0 spiro atoms. The van der Waals surface area contributed by atoms with Gasteiger partial charge in [-0.25, -0.2) is 4.98 Å². The van der Waals surface area contributed by atoms with E-state index in [1.807, 2.05) is 12.1 Å². The van der Waals surface area contributed by atoms with Crippen LogP contribution in [-0.4, -0.2) is 24.2 Å². The molecular formula is C9H11BrN2O. The van der Waals surface area contributed by atoms with Crippen LogP contribution in [-0.2, 0) is 0 Å². The monoisotopic (exact) mass is 242 g/mol. The van der Waals surface area contributed by atoms with Crippen LogP contribution in [0.5, 0.6) is 5.88 Å². The Hall–Kier alpha value is -0.610. The smallest absolute Gasteiger partial charge is 0.228 e. The van der Waals surface area contributed by atoms with E-state index in [1.165, 1.54) is 0 Å². The molecule has 1 aliphatic heterocycles. The van der Waals surface area contributed by atoms with E-state index < -0.39 is 0 Å². The molecule has 2 rings (SSSR count). The molecule has 0 aliphatic carbocycles. The standard InChI is InChI=1S/C9H11BrN2O/c10-8-2-1-4-12-9(8)13-7-3-5-11-6-7/h1-2,4,7,11H,3,5-6H2/t7-/m0/s1. The van der Waals surface area contributed by atoms with E-state index in [-0.39, 0.29) is 6.10 Å². The van der Waals surface area contributed by atoms with E-state index in [4.69, 9.17) is 4.74 Å². The Morgan fingerprint density at radius 3 is 3.23 bits per heavy atom. The minimum atomic E-state index is 0.270. The number of hydrogen-bond donors (Lipinski definition) is 1. The summed E-state index contributed by atoms with van der Waals surface area (Å²) in [7, 11) is 0. The molecule has 0 unspecified atom stereocenters. The summed E-state index contributed by atoms with van der Waals surface area (Å²) < 4.78 is 6.60. The molecule has 1 N–H and O–H groups in total. The fraction of sp³-hybridized carbons (Fsp3) is 0.444. The van der Waals surface area contributed by atoms with Gasteiger partial charge in [-0.15, -0.1) is 0 Å². The van der Waals surface area contributed by atoms with Gasteiger partial charge in [0.15, 0.2) is 0 Å². The van der Waals surface area contributed by atoms with Crippen molar-refractivity contribution in [1.82, 2.24) is 10.3 Å². The summed E-state index contributed by atoms with van der Waals surface area (Å²) in [6.45, 7) is 1.96. The van der Waals surface area contributed by atoms with Crippen LogP contribution in [0.4, 0.5) is 0 Å². The third-order valence-corrected chi connectivity index (χ3v) is 2.62. The van der Waals surface area contributed by atoms with Gasteiger partial charge in [-0.2, -0.15) is 0 Å². The number of ether oxygens (including phenoxy) is 1. The van der Waals surface area contributed by atoms with E-state index in [2.05, 4.69) is 26.2 Å². The Kier molecular flexibility index (Phi) is 2.80. The van der Waals surface area contributed by atoms with Crippen molar-refractivity contribution in [2.24, 2.45) is 0 Å². The van der Waals surface area contributed by atoms with Gasteiger partial charge >= 0.3 is 0 Å². The van der Waals surface area contributed by atoms with Crippen LogP contribution in [0.1, 0.15) is 6.42 Å². The lowest BCUT2D eigenvalue weighted by atomic mass is 10.3. The topological polar surface area (TPSA) is 34.1 Å². The number of nitrogens with one attached hydrogen (secondary N) is 1. The number of aromatic nitrogens is 1. The molecule has 0 radical (unpaired) electrons. The van der Waals surface area contributed by atoms with Gasteiger partial charge in [0.05, 0.1) is 4.47 Å². The van der Waals surface area contributed by atoms with Crippen LogP contribution in [0, 0.1) is 0 Å². The second-order valence-corrected chi connectivity index (χ2v) is 3.88. The summed E-state index contributed by atoms with van der Waals surface area (Å²) in [6, 6.07) is 3.81. The highest BCUT2D eigenvalue weighted by Crippen LogP contribution is 2.22. The lowest BCUT2D eigenvalue weighted by molar-refractivity contribution is 0.212. The Balaban J connectivity index is 2.04. The molecule has 0 aromatic carbocycles. The lowest BCUT2D eigenvalue weighted by Crippen LogP contribution is -2.20. The molecule has 3 nitrogen and oxygen atoms in total. The molecule has 1 atom stereocenters. The first-order valence-electron chi connectivity index (χ1n) is 4.34. The van der Waals surface area contributed by atoms with E-state index in [1.54, 1.807) is 6.20 Å². The van der Waals surface area contributed by atoms with Crippen molar-refractivity contribution in [2.75, 3.05) is 13.1 Å². The molecule has 2 heterocycles. The summed E-state index contributed by atoms with van der Waals surface area (Å²) in [4.78, 5) is 4.14. The quantitative estimate of drug-likeness (QED) is 0.856. The lowest BCUT2D eigenvalue weighted by Gasteiger charge is -2.11. The molecule has 1 aliphatic rings. The molecule has 1 aromatic heterocycles. The van der Waals surface area contributed by atoms with Gasteiger partial charge in [-0.1, -0.05) is 0 Å². The number of nitrogens with zero attached hydrogens (tertiary/aromatic N) is 1. The summed E-state index contributed by atoms with van der Waals surface area (Å²) in [5, 5.41) is 3.24. The van der Waals surface area contributed by atoms with Gasteiger partial charge in [0, 0.05) is 12.7 Å². The third kappa shape index (κ3) is 2.19. The van der Waals surface area contributed by atoms with Gasteiger partial charge in [0.1, 0.15) is 6.10 Å². The normalized spacial score (nSPS) is 21.8. The summed E-state index contributed by atoms with van der Waals surface area (Å²) in [5.74, 6) is 0.691. The predicted octanol–water partition coefficient (Wildman–Crippen LogP) is 1.58. The van der Waals surface area contributed by atoms with Crippen molar-refractivity contribution in [3.8, 4) is 5.88 Å². The average molecular weight is 243 g/mol. The Labute approximate surface area is 85.6 Å². The van der Waals surface area contributed by atoms with Crippen molar-refractivity contribution in [2.45, 2.75) is 12.5 Å². The van der Waals surface area contributed by atoms with E-state index >= 15 is 0 Å². The molecule has 4 heteroatoms. The van der Waals surface area contributed by atoms with Crippen molar-refractivity contribution in [3.63, 3.8) is 0 Å². The second-order valence-electron chi connectivity index (χ2n) is 3.02. The molecule has 0 bridgehead atoms. The van der Waals surface area contributed by atoms with Crippen LogP contribution in [0.15, 0.2) is 22.8 Å². The zero-order chi connectivity index (χ0) is 9.10. The predicted molar refractivity (Wildman–Crippen MR) is 53.8 cm³/mol. The van der Waals surface area contributed by atoms with Gasteiger partial charge in [0.25, 0.3) is 0 Å². The van der Waals surface area contributed by atoms with Crippen molar-refractivity contribution >= 4 is 15.9 Å². The average Bonchev–Trinajstić information content (AvgIpc) is 2.61. The number of pyridine rings is 1. The number of rotatable bonds is 2. The minimum absolute atomic E-state index is 0.270. The highest BCUT2D eigenvalue weighted by atomic mass is 79.9. The Morgan fingerprint density at radius 1 is 1.62 bits per heavy atom. The molecule has 1 saturated heterocycles. The maximum Gasteiger partial charge on any atom is 0.228 e. The van der Waals surface area contributed by atoms with Crippen LogP contribution < -0.4 is 10.1 Å². The molecular weight excluding hydrogens is 232 g/mol. The molecule has 70 valence electrons. The molecule has 0 saturated carbocycles. The zero-order valence-corrected chi connectivity index (χ0v) is 8.75. The van der Waals surface area contributed by atoms with Crippen LogP contribution in [0.2, 0.25) is 0 Å². The summed E-state index contributed by atoms with van der Waals surface area (Å²) in [5.41, 5.74) is 0. The summed E-state index contributed by atoms with van der Waals surface area (Å²) >= 11 is 3.40. The second kappa shape index (κ2) is 4.07. The third-order valence-electron chi connectivity index (χ3n) is 2.02. The highest BCUT2D eigenvalue weighted by Gasteiger charge is 2.17. The van der Waals surface area contributed by atoms with Gasteiger partial charge < -0.3 is 10.1 Å². The Morgan fingerprint density at radius 2 is 2.54 bits per heavy atom. The van der Waals surface area contributed by atoms with Crippen LogP contribution in [0.25, 0.3) is 0 Å². The van der Waals surface area contributed by atoms with E-state index in [0.29, 0.717) is 5.88 Å². The minimum Gasteiger partial charge on any atom is -0.472 e. The molecule has 1 aromatic rings. The number of halogens is 1. The van der Waals surface area contributed by atoms with E-state index in [9.17, 15) is 0 Å². The molecule has 1 fully saturated rings. The maximum atomic E-state index is 5.69. The van der Waals surface area contributed by atoms with Gasteiger partial charge in [0.2, 0.25) is 5.88 Å². The van der Waals surface area contributed by atoms with Crippen molar-refractivity contribution in [1.29, 1.82) is 0 Å². The first-order valence-corrected chi connectivity index (χ1v) is 5.13. The number of hydrogen-bond acceptors (Lipinski definition) is 3. The van der Waals surface area contributed by atoms with Gasteiger partial charge in [-0.05, 0) is 41.0 Å². The Bertz CT molecular complexity index is 287. The van der Waals surface area contributed by atoms with Crippen LogP contribution >= 0.6 is 15.9 Å².